The molecule has 140 valence electrons. The van der Waals surface area contributed by atoms with Crippen LogP contribution in [0.15, 0.2) is 59.5 Å². The molecule has 1 unspecified atom stereocenters. The predicted molar refractivity (Wildman–Crippen MR) is 97.3 cm³/mol. The molecule has 0 aliphatic carbocycles. The molecule has 1 aromatic carbocycles. The number of rotatable bonds is 4. The van der Waals surface area contributed by atoms with Crippen LogP contribution in [0.25, 0.3) is 11.4 Å². The summed E-state index contributed by atoms with van der Waals surface area (Å²) in [6.45, 7) is 0.791. The third-order valence-electron chi connectivity index (χ3n) is 4.76. The van der Waals surface area contributed by atoms with Crippen molar-refractivity contribution in [3.63, 3.8) is 0 Å². The van der Waals surface area contributed by atoms with E-state index in [1.807, 2.05) is 18.5 Å². The molecule has 0 fully saturated rings. The van der Waals surface area contributed by atoms with Crippen LogP contribution < -0.4 is 4.74 Å². The first kappa shape index (κ1) is 16.6. The molecule has 3 aromatic heterocycles. The fourth-order valence-electron chi connectivity index (χ4n) is 3.28. The molecule has 7 nitrogen and oxygen atoms in total. The van der Waals surface area contributed by atoms with E-state index in [0.717, 1.165) is 30.8 Å². The van der Waals surface area contributed by atoms with E-state index < -0.39 is 0 Å². The van der Waals surface area contributed by atoms with Gasteiger partial charge in [0.05, 0.1) is 5.92 Å². The van der Waals surface area contributed by atoms with E-state index in [9.17, 15) is 4.39 Å². The number of fused-ring (bicyclic) bond motifs is 1. The lowest BCUT2D eigenvalue weighted by molar-refractivity contribution is 0.316. The Labute approximate surface area is 159 Å². The Morgan fingerprint density at radius 3 is 2.82 bits per heavy atom. The molecule has 0 bridgehead atoms. The standard InChI is InChI=1S/C20H16FN5O2/c21-15-3-5-16(6-4-15)27-18-8-2-13(11-23-18)19-24-20(28-25-19)14-1-7-17-22-9-10-26(17)12-14/h2-6,8-11,14H,1,7,12H2. The smallest absolute Gasteiger partial charge is 0.231 e. The first-order chi connectivity index (χ1) is 13.7. The largest absolute Gasteiger partial charge is 0.439 e. The number of hydrogen-bond acceptors (Lipinski definition) is 6. The summed E-state index contributed by atoms with van der Waals surface area (Å²) in [5, 5.41) is 4.10. The summed E-state index contributed by atoms with van der Waals surface area (Å²) >= 11 is 0. The van der Waals surface area contributed by atoms with Gasteiger partial charge in [-0.15, -0.1) is 0 Å². The van der Waals surface area contributed by atoms with Gasteiger partial charge in [0, 0.05) is 43.2 Å². The highest BCUT2D eigenvalue weighted by Gasteiger charge is 2.25. The topological polar surface area (TPSA) is 78.9 Å². The van der Waals surface area contributed by atoms with Gasteiger partial charge in [0.25, 0.3) is 0 Å². The lowest BCUT2D eigenvalue weighted by Gasteiger charge is -2.20. The van der Waals surface area contributed by atoms with Gasteiger partial charge in [-0.05, 0) is 36.8 Å². The fraction of sp³-hybridized carbons (Fsp3) is 0.200. The molecular weight excluding hydrogens is 361 g/mol. The van der Waals surface area contributed by atoms with E-state index in [1.165, 1.54) is 12.1 Å². The van der Waals surface area contributed by atoms with E-state index in [0.29, 0.717) is 23.3 Å². The number of aryl methyl sites for hydroxylation is 1. The lowest BCUT2D eigenvalue weighted by Crippen LogP contribution is -2.18. The normalized spacial score (nSPS) is 16.0. The maximum atomic E-state index is 13.0. The molecule has 5 rings (SSSR count). The first-order valence-corrected chi connectivity index (χ1v) is 8.98. The van der Waals surface area contributed by atoms with Crippen molar-refractivity contribution in [2.75, 3.05) is 0 Å². The number of ether oxygens (including phenoxy) is 1. The first-order valence-electron chi connectivity index (χ1n) is 8.98. The Kier molecular flexibility index (Phi) is 4.08. The summed E-state index contributed by atoms with van der Waals surface area (Å²) in [7, 11) is 0. The number of imidazole rings is 1. The van der Waals surface area contributed by atoms with Crippen molar-refractivity contribution in [2.24, 2.45) is 0 Å². The van der Waals surface area contributed by atoms with E-state index >= 15 is 0 Å². The quantitative estimate of drug-likeness (QED) is 0.535. The van der Waals surface area contributed by atoms with Crippen molar-refractivity contribution in [1.82, 2.24) is 24.7 Å². The number of benzene rings is 1. The van der Waals surface area contributed by atoms with E-state index in [-0.39, 0.29) is 11.7 Å². The second-order valence-corrected chi connectivity index (χ2v) is 6.63. The molecule has 1 aliphatic heterocycles. The van der Waals surface area contributed by atoms with Crippen molar-refractivity contribution in [3.05, 3.63) is 72.5 Å². The minimum absolute atomic E-state index is 0.178. The van der Waals surface area contributed by atoms with Crippen molar-refractivity contribution < 1.29 is 13.7 Å². The van der Waals surface area contributed by atoms with Crippen LogP contribution in [-0.2, 0) is 13.0 Å². The second-order valence-electron chi connectivity index (χ2n) is 6.63. The minimum atomic E-state index is -0.314. The maximum Gasteiger partial charge on any atom is 0.231 e. The van der Waals surface area contributed by atoms with Crippen molar-refractivity contribution in [2.45, 2.75) is 25.3 Å². The number of pyridine rings is 1. The monoisotopic (exact) mass is 377 g/mol. The van der Waals surface area contributed by atoms with Crippen LogP contribution in [-0.4, -0.2) is 24.7 Å². The zero-order chi connectivity index (χ0) is 18.9. The summed E-state index contributed by atoms with van der Waals surface area (Å²) in [4.78, 5) is 13.2. The van der Waals surface area contributed by atoms with Gasteiger partial charge in [-0.2, -0.15) is 4.98 Å². The van der Waals surface area contributed by atoms with Gasteiger partial charge in [-0.3, -0.25) is 0 Å². The third kappa shape index (κ3) is 3.24. The van der Waals surface area contributed by atoms with Crippen LogP contribution in [0.3, 0.4) is 0 Å². The molecule has 1 aliphatic rings. The molecule has 0 saturated heterocycles. The van der Waals surface area contributed by atoms with Gasteiger partial charge in [0.1, 0.15) is 17.4 Å². The zero-order valence-corrected chi connectivity index (χ0v) is 14.8. The molecule has 4 aromatic rings. The van der Waals surface area contributed by atoms with E-state index in [2.05, 4.69) is 24.7 Å². The Balaban J connectivity index is 1.30. The molecule has 0 radical (unpaired) electrons. The molecule has 0 N–H and O–H groups in total. The van der Waals surface area contributed by atoms with Crippen LogP contribution >= 0.6 is 0 Å². The Bertz CT molecular complexity index is 1090. The van der Waals surface area contributed by atoms with E-state index in [4.69, 9.17) is 9.26 Å². The molecule has 0 spiro atoms. The van der Waals surface area contributed by atoms with Gasteiger partial charge in [0.15, 0.2) is 0 Å². The number of halogens is 1. The maximum absolute atomic E-state index is 13.0. The minimum Gasteiger partial charge on any atom is -0.439 e. The van der Waals surface area contributed by atoms with Crippen LogP contribution in [0.4, 0.5) is 4.39 Å². The molecular formula is C20H16FN5O2. The average Bonchev–Trinajstić information content (AvgIpc) is 3.39. The third-order valence-corrected chi connectivity index (χ3v) is 4.76. The SMILES string of the molecule is Fc1ccc(Oc2ccc(-c3noc(C4CCc5nccn5C4)n3)cn2)cc1. The lowest BCUT2D eigenvalue weighted by atomic mass is 9.99. The number of hydrogen-bond donors (Lipinski definition) is 0. The summed E-state index contributed by atoms with van der Waals surface area (Å²) < 4.78 is 26.2. The highest BCUT2D eigenvalue weighted by molar-refractivity contribution is 5.53. The summed E-state index contributed by atoms with van der Waals surface area (Å²) in [6.07, 6.45) is 7.25. The fourth-order valence-corrected chi connectivity index (χ4v) is 3.28. The van der Waals surface area contributed by atoms with Crippen LogP contribution in [0.2, 0.25) is 0 Å². The van der Waals surface area contributed by atoms with Crippen molar-refractivity contribution >= 4 is 0 Å². The van der Waals surface area contributed by atoms with E-state index in [1.54, 1.807) is 24.4 Å². The summed E-state index contributed by atoms with van der Waals surface area (Å²) in [5.41, 5.74) is 0.737. The highest BCUT2D eigenvalue weighted by atomic mass is 19.1. The Morgan fingerprint density at radius 1 is 1.11 bits per heavy atom. The Morgan fingerprint density at radius 2 is 2.00 bits per heavy atom. The number of nitrogens with zero attached hydrogens (tertiary/aromatic N) is 5. The molecule has 8 heteroatoms. The molecule has 0 saturated carbocycles. The molecule has 0 amide bonds. The molecule has 28 heavy (non-hydrogen) atoms. The van der Waals surface area contributed by atoms with Gasteiger partial charge in [-0.1, -0.05) is 5.16 Å². The van der Waals surface area contributed by atoms with Crippen LogP contribution in [0.5, 0.6) is 11.6 Å². The summed E-state index contributed by atoms with van der Waals surface area (Å²) in [6, 6.07) is 9.30. The van der Waals surface area contributed by atoms with Crippen LogP contribution in [0.1, 0.15) is 24.1 Å². The van der Waals surface area contributed by atoms with Crippen LogP contribution in [0, 0.1) is 5.82 Å². The second kappa shape index (κ2) is 6.88. The highest BCUT2D eigenvalue weighted by Crippen LogP contribution is 2.29. The predicted octanol–water partition coefficient (Wildman–Crippen LogP) is 3.99. The average molecular weight is 377 g/mol. The molecule has 1 atom stereocenters. The van der Waals surface area contributed by atoms with Crippen molar-refractivity contribution in [1.29, 1.82) is 0 Å². The van der Waals surface area contributed by atoms with Gasteiger partial charge >= 0.3 is 0 Å². The van der Waals surface area contributed by atoms with Gasteiger partial charge in [-0.25, -0.2) is 14.4 Å². The molecule has 4 heterocycles. The van der Waals surface area contributed by atoms with Crippen molar-refractivity contribution in [3.8, 4) is 23.0 Å². The Hall–Kier alpha value is -3.55. The van der Waals surface area contributed by atoms with Gasteiger partial charge in [0.2, 0.25) is 17.6 Å². The van der Waals surface area contributed by atoms with Gasteiger partial charge < -0.3 is 13.8 Å². The zero-order valence-electron chi connectivity index (χ0n) is 14.8. The number of aromatic nitrogens is 5. The summed E-state index contributed by atoms with van der Waals surface area (Å²) in [5.74, 6) is 2.99.